The summed E-state index contributed by atoms with van der Waals surface area (Å²) in [6.07, 6.45) is 1.08. The first kappa shape index (κ1) is 18.5. The van der Waals surface area contributed by atoms with Crippen molar-refractivity contribution in [2.45, 2.75) is 32.9 Å². The Morgan fingerprint density at radius 2 is 2.09 bits per heavy atom. The standard InChI is InChI=1S/C17H24Cl2N2O2/c1-3-7-20-8-9-21(16(12-20)17(22)23-4-2)11-13-5-6-14(18)10-15(13)19/h5-6,10,16H,3-4,7-9,11-12H2,1-2H3. The fourth-order valence-electron chi connectivity index (χ4n) is 2.92. The van der Waals surface area contributed by atoms with Crippen LogP contribution in [0.15, 0.2) is 18.2 Å². The third-order valence-corrected chi connectivity index (χ3v) is 4.65. The molecule has 128 valence electrons. The summed E-state index contributed by atoms with van der Waals surface area (Å²) in [5, 5.41) is 1.25. The fraction of sp³-hybridized carbons (Fsp3) is 0.588. The first-order valence-corrected chi connectivity index (χ1v) is 8.87. The van der Waals surface area contributed by atoms with E-state index in [1.165, 1.54) is 0 Å². The maximum absolute atomic E-state index is 12.3. The Kier molecular flexibility index (Phi) is 7.15. The molecule has 1 fully saturated rings. The van der Waals surface area contributed by atoms with Crippen LogP contribution in [0.1, 0.15) is 25.8 Å². The van der Waals surface area contributed by atoms with Crippen LogP contribution >= 0.6 is 23.2 Å². The van der Waals surface area contributed by atoms with E-state index >= 15 is 0 Å². The van der Waals surface area contributed by atoms with Crippen molar-refractivity contribution < 1.29 is 9.53 Å². The maximum Gasteiger partial charge on any atom is 0.324 e. The molecule has 1 unspecified atom stereocenters. The number of ether oxygens (including phenoxy) is 1. The van der Waals surface area contributed by atoms with E-state index in [9.17, 15) is 4.79 Å². The number of carbonyl (C=O) groups is 1. The van der Waals surface area contributed by atoms with Gasteiger partial charge in [-0.3, -0.25) is 14.6 Å². The molecule has 1 aromatic carbocycles. The Morgan fingerprint density at radius 3 is 2.74 bits per heavy atom. The molecule has 4 nitrogen and oxygen atoms in total. The van der Waals surface area contributed by atoms with Crippen molar-refractivity contribution in [2.24, 2.45) is 0 Å². The predicted octanol–water partition coefficient (Wildman–Crippen LogP) is 3.45. The van der Waals surface area contributed by atoms with E-state index in [0.717, 1.165) is 31.6 Å². The van der Waals surface area contributed by atoms with Gasteiger partial charge in [0.15, 0.2) is 0 Å². The average molecular weight is 359 g/mol. The molecular formula is C17H24Cl2N2O2. The number of benzene rings is 1. The number of piperazine rings is 1. The number of rotatable bonds is 6. The molecule has 1 saturated heterocycles. The first-order valence-electron chi connectivity index (χ1n) is 8.12. The number of esters is 1. The van der Waals surface area contributed by atoms with Gasteiger partial charge in [-0.1, -0.05) is 36.2 Å². The van der Waals surface area contributed by atoms with Gasteiger partial charge >= 0.3 is 5.97 Å². The van der Waals surface area contributed by atoms with Gasteiger partial charge in [0, 0.05) is 36.2 Å². The summed E-state index contributed by atoms with van der Waals surface area (Å²) in [7, 11) is 0. The van der Waals surface area contributed by atoms with Crippen molar-refractivity contribution in [3.05, 3.63) is 33.8 Å². The second-order valence-electron chi connectivity index (χ2n) is 5.77. The molecule has 1 aliphatic heterocycles. The molecule has 0 radical (unpaired) electrons. The summed E-state index contributed by atoms with van der Waals surface area (Å²) >= 11 is 12.2. The summed E-state index contributed by atoms with van der Waals surface area (Å²) in [6, 6.07) is 5.24. The minimum Gasteiger partial charge on any atom is -0.465 e. The van der Waals surface area contributed by atoms with Crippen LogP contribution in [-0.4, -0.2) is 54.6 Å². The topological polar surface area (TPSA) is 32.8 Å². The van der Waals surface area contributed by atoms with Crippen molar-refractivity contribution in [2.75, 3.05) is 32.8 Å². The van der Waals surface area contributed by atoms with Gasteiger partial charge in [0.1, 0.15) is 6.04 Å². The zero-order valence-electron chi connectivity index (χ0n) is 13.7. The Morgan fingerprint density at radius 1 is 1.30 bits per heavy atom. The SMILES string of the molecule is CCCN1CCN(Cc2ccc(Cl)cc2Cl)C(C(=O)OCC)C1. The number of hydrogen-bond acceptors (Lipinski definition) is 4. The van der Waals surface area contributed by atoms with E-state index in [1.54, 1.807) is 6.07 Å². The quantitative estimate of drug-likeness (QED) is 0.729. The molecule has 1 atom stereocenters. The van der Waals surface area contributed by atoms with Crippen LogP contribution < -0.4 is 0 Å². The van der Waals surface area contributed by atoms with E-state index < -0.39 is 0 Å². The van der Waals surface area contributed by atoms with Crippen molar-refractivity contribution in [3.8, 4) is 0 Å². The van der Waals surface area contributed by atoms with Crippen LogP contribution in [0.3, 0.4) is 0 Å². The Balaban J connectivity index is 2.12. The Hall–Kier alpha value is -0.810. The molecule has 0 aromatic heterocycles. The summed E-state index contributed by atoms with van der Waals surface area (Å²) in [4.78, 5) is 16.8. The molecule has 0 saturated carbocycles. The summed E-state index contributed by atoms with van der Waals surface area (Å²) < 4.78 is 5.26. The lowest BCUT2D eigenvalue weighted by molar-refractivity contribution is -0.152. The summed E-state index contributed by atoms with van der Waals surface area (Å²) in [5.41, 5.74) is 0.981. The summed E-state index contributed by atoms with van der Waals surface area (Å²) in [5.74, 6) is -0.154. The lowest BCUT2D eigenvalue weighted by Crippen LogP contribution is -2.56. The molecule has 0 amide bonds. The minimum absolute atomic E-state index is 0.154. The molecule has 1 aromatic rings. The van der Waals surface area contributed by atoms with Crippen LogP contribution in [-0.2, 0) is 16.1 Å². The minimum atomic E-state index is -0.248. The number of halogens is 2. The van der Waals surface area contributed by atoms with E-state index in [0.29, 0.717) is 29.7 Å². The molecule has 6 heteroatoms. The van der Waals surface area contributed by atoms with Gasteiger partial charge in [-0.2, -0.15) is 0 Å². The normalized spacial score (nSPS) is 19.7. The third-order valence-electron chi connectivity index (χ3n) is 4.06. The Labute approximate surface area is 148 Å². The summed E-state index contributed by atoms with van der Waals surface area (Å²) in [6.45, 7) is 8.50. The monoisotopic (exact) mass is 358 g/mol. The van der Waals surface area contributed by atoms with Crippen LogP contribution in [0.5, 0.6) is 0 Å². The lowest BCUT2D eigenvalue weighted by Gasteiger charge is -2.40. The van der Waals surface area contributed by atoms with E-state index in [-0.39, 0.29) is 12.0 Å². The van der Waals surface area contributed by atoms with E-state index in [1.807, 2.05) is 19.1 Å². The largest absolute Gasteiger partial charge is 0.465 e. The molecule has 1 aliphatic rings. The third kappa shape index (κ3) is 5.08. The zero-order chi connectivity index (χ0) is 16.8. The first-order chi connectivity index (χ1) is 11.0. The smallest absolute Gasteiger partial charge is 0.324 e. The molecule has 1 heterocycles. The van der Waals surface area contributed by atoms with Gasteiger partial charge in [-0.15, -0.1) is 0 Å². The van der Waals surface area contributed by atoms with Crippen molar-refractivity contribution in [1.29, 1.82) is 0 Å². The number of carbonyl (C=O) groups excluding carboxylic acids is 1. The van der Waals surface area contributed by atoms with Crippen molar-refractivity contribution in [3.63, 3.8) is 0 Å². The highest BCUT2D eigenvalue weighted by Gasteiger charge is 2.33. The second kappa shape index (κ2) is 8.88. The van der Waals surface area contributed by atoms with Crippen LogP contribution in [0.4, 0.5) is 0 Å². The average Bonchev–Trinajstić information content (AvgIpc) is 2.52. The maximum atomic E-state index is 12.3. The molecule has 0 spiro atoms. The van der Waals surface area contributed by atoms with Crippen LogP contribution in [0, 0.1) is 0 Å². The van der Waals surface area contributed by atoms with Crippen LogP contribution in [0.25, 0.3) is 0 Å². The van der Waals surface area contributed by atoms with Gasteiger partial charge in [0.05, 0.1) is 6.61 Å². The van der Waals surface area contributed by atoms with Gasteiger partial charge in [-0.05, 0) is 37.6 Å². The molecule has 23 heavy (non-hydrogen) atoms. The van der Waals surface area contributed by atoms with E-state index in [2.05, 4.69) is 16.7 Å². The molecule has 0 aliphatic carbocycles. The highest BCUT2D eigenvalue weighted by Crippen LogP contribution is 2.24. The highest BCUT2D eigenvalue weighted by molar-refractivity contribution is 6.35. The zero-order valence-corrected chi connectivity index (χ0v) is 15.2. The van der Waals surface area contributed by atoms with E-state index in [4.69, 9.17) is 27.9 Å². The Bertz CT molecular complexity index is 539. The molecular weight excluding hydrogens is 335 g/mol. The highest BCUT2D eigenvalue weighted by atomic mass is 35.5. The molecule has 0 N–H and O–H groups in total. The molecule has 2 rings (SSSR count). The van der Waals surface area contributed by atoms with Gasteiger partial charge in [-0.25, -0.2) is 0 Å². The fourth-order valence-corrected chi connectivity index (χ4v) is 3.38. The van der Waals surface area contributed by atoms with Gasteiger partial charge < -0.3 is 4.74 Å². The number of hydrogen-bond donors (Lipinski definition) is 0. The van der Waals surface area contributed by atoms with Crippen LogP contribution in [0.2, 0.25) is 10.0 Å². The van der Waals surface area contributed by atoms with Crippen molar-refractivity contribution in [1.82, 2.24) is 9.80 Å². The predicted molar refractivity (Wildman–Crippen MR) is 94.0 cm³/mol. The molecule has 0 bridgehead atoms. The van der Waals surface area contributed by atoms with Gasteiger partial charge in [0.25, 0.3) is 0 Å². The lowest BCUT2D eigenvalue weighted by atomic mass is 10.1. The second-order valence-corrected chi connectivity index (χ2v) is 6.62. The van der Waals surface area contributed by atoms with Crippen molar-refractivity contribution >= 4 is 29.2 Å². The number of nitrogens with zero attached hydrogens (tertiary/aromatic N) is 2. The van der Waals surface area contributed by atoms with Gasteiger partial charge in [0.2, 0.25) is 0 Å².